The minimum atomic E-state index is -0.152. The van der Waals surface area contributed by atoms with Gasteiger partial charge in [-0.05, 0) is 51.0 Å². The summed E-state index contributed by atoms with van der Waals surface area (Å²) in [6, 6.07) is 13.2. The van der Waals surface area contributed by atoms with Crippen LogP contribution in [0, 0.1) is 13.8 Å². The van der Waals surface area contributed by atoms with Crippen LogP contribution in [0.1, 0.15) is 40.2 Å². The Morgan fingerprint density at radius 3 is 2.52 bits per heavy atom. The third kappa shape index (κ3) is 5.22. The Hall–Kier alpha value is -3.68. The lowest BCUT2D eigenvalue weighted by atomic mass is 10.0. The highest BCUT2D eigenvalue weighted by Crippen LogP contribution is 2.20. The zero-order chi connectivity index (χ0) is 23.4. The Morgan fingerprint density at radius 2 is 1.88 bits per heavy atom. The molecule has 1 aliphatic rings. The summed E-state index contributed by atoms with van der Waals surface area (Å²) in [4.78, 5) is 31.7. The lowest BCUT2D eigenvalue weighted by Gasteiger charge is -2.32. The van der Waals surface area contributed by atoms with Crippen molar-refractivity contribution >= 4 is 11.8 Å². The van der Waals surface area contributed by atoms with Gasteiger partial charge in [0.15, 0.2) is 5.82 Å². The Balaban J connectivity index is 1.29. The fourth-order valence-corrected chi connectivity index (χ4v) is 4.17. The van der Waals surface area contributed by atoms with Crippen molar-refractivity contribution in [2.45, 2.75) is 39.2 Å². The maximum atomic E-state index is 12.7. The first-order valence-electron chi connectivity index (χ1n) is 11.1. The number of para-hydroxylation sites is 1. The molecule has 2 aromatic heterocycles. The van der Waals surface area contributed by atoms with E-state index in [0.29, 0.717) is 30.9 Å². The molecule has 2 amide bonds. The summed E-state index contributed by atoms with van der Waals surface area (Å²) in [5.41, 5.74) is 3.31. The van der Waals surface area contributed by atoms with Crippen molar-refractivity contribution in [2.24, 2.45) is 0 Å². The first-order chi connectivity index (χ1) is 15.9. The predicted octanol–water partition coefficient (Wildman–Crippen LogP) is 2.86. The van der Waals surface area contributed by atoms with Crippen LogP contribution in [0.15, 0.2) is 48.7 Å². The number of aromatic nitrogens is 3. The standard InChI is InChI=1S/C25H29N5O3/c1-17-14-18(2)30(28-17)23-9-8-20(16-26-23)25(32)27-21-10-12-29(13-11-21)24(31)15-19-6-4-5-7-22(19)33-3/h4-9,14,16,21H,10-13,15H2,1-3H3,(H,27,32). The normalized spacial score (nSPS) is 14.2. The fraction of sp³-hybridized carbons (Fsp3) is 0.360. The minimum Gasteiger partial charge on any atom is -0.496 e. The Bertz CT molecular complexity index is 1130. The molecule has 0 radical (unpaired) electrons. The second kappa shape index (κ2) is 9.85. The predicted molar refractivity (Wildman–Crippen MR) is 125 cm³/mol. The average molecular weight is 448 g/mol. The van der Waals surface area contributed by atoms with Crippen molar-refractivity contribution in [2.75, 3.05) is 20.2 Å². The highest BCUT2D eigenvalue weighted by molar-refractivity contribution is 5.94. The van der Waals surface area contributed by atoms with Crippen LogP contribution in [0.2, 0.25) is 0 Å². The fourth-order valence-electron chi connectivity index (χ4n) is 4.17. The zero-order valence-corrected chi connectivity index (χ0v) is 19.2. The number of methoxy groups -OCH3 is 1. The molecule has 0 aliphatic carbocycles. The summed E-state index contributed by atoms with van der Waals surface area (Å²) in [5, 5.41) is 7.50. The molecule has 0 saturated carbocycles. The molecule has 0 spiro atoms. The Morgan fingerprint density at radius 1 is 1.12 bits per heavy atom. The molecule has 1 aliphatic heterocycles. The molecule has 0 atom stereocenters. The number of ether oxygens (including phenoxy) is 1. The van der Waals surface area contributed by atoms with E-state index in [2.05, 4.69) is 15.4 Å². The molecule has 1 saturated heterocycles. The van der Waals surface area contributed by atoms with Crippen molar-refractivity contribution in [1.82, 2.24) is 25.0 Å². The molecule has 172 valence electrons. The second-order valence-corrected chi connectivity index (χ2v) is 8.36. The Kier molecular flexibility index (Phi) is 6.72. The van der Waals surface area contributed by atoms with Crippen molar-refractivity contribution in [3.8, 4) is 11.6 Å². The van der Waals surface area contributed by atoms with E-state index in [1.165, 1.54) is 0 Å². The summed E-state index contributed by atoms with van der Waals surface area (Å²) in [7, 11) is 1.61. The van der Waals surface area contributed by atoms with Crippen molar-refractivity contribution in [1.29, 1.82) is 0 Å². The largest absolute Gasteiger partial charge is 0.496 e. The molecule has 8 heteroatoms. The number of piperidine rings is 1. The monoisotopic (exact) mass is 447 g/mol. The number of pyridine rings is 1. The van der Waals surface area contributed by atoms with Gasteiger partial charge in [-0.15, -0.1) is 0 Å². The van der Waals surface area contributed by atoms with Crippen LogP contribution in [0.4, 0.5) is 0 Å². The van der Waals surface area contributed by atoms with Crippen LogP contribution >= 0.6 is 0 Å². The lowest BCUT2D eigenvalue weighted by molar-refractivity contribution is -0.131. The minimum absolute atomic E-state index is 0.0310. The van der Waals surface area contributed by atoms with E-state index < -0.39 is 0 Å². The van der Waals surface area contributed by atoms with Gasteiger partial charge in [0, 0.05) is 36.6 Å². The van der Waals surface area contributed by atoms with E-state index in [1.807, 2.05) is 49.1 Å². The summed E-state index contributed by atoms with van der Waals surface area (Å²) in [6.45, 7) is 5.14. The van der Waals surface area contributed by atoms with Gasteiger partial charge in [-0.3, -0.25) is 9.59 Å². The van der Waals surface area contributed by atoms with Crippen LogP contribution in [-0.2, 0) is 11.2 Å². The van der Waals surface area contributed by atoms with Gasteiger partial charge >= 0.3 is 0 Å². The molecule has 1 fully saturated rings. The third-order valence-electron chi connectivity index (χ3n) is 5.95. The smallest absolute Gasteiger partial charge is 0.253 e. The third-order valence-corrected chi connectivity index (χ3v) is 5.95. The number of likely N-dealkylation sites (tertiary alicyclic amines) is 1. The van der Waals surface area contributed by atoms with E-state index in [1.54, 1.807) is 30.1 Å². The average Bonchev–Trinajstić information content (AvgIpc) is 3.17. The van der Waals surface area contributed by atoms with Gasteiger partial charge in [0.25, 0.3) is 5.91 Å². The number of rotatable bonds is 6. The number of amides is 2. The van der Waals surface area contributed by atoms with Gasteiger partial charge < -0.3 is 15.0 Å². The van der Waals surface area contributed by atoms with E-state index >= 15 is 0 Å². The molecule has 1 aromatic carbocycles. The van der Waals surface area contributed by atoms with Gasteiger partial charge in [0.1, 0.15) is 5.75 Å². The van der Waals surface area contributed by atoms with Crippen LogP contribution in [-0.4, -0.2) is 57.7 Å². The van der Waals surface area contributed by atoms with E-state index in [0.717, 1.165) is 35.5 Å². The SMILES string of the molecule is COc1ccccc1CC(=O)N1CCC(NC(=O)c2ccc(-n3nc(C)cc3C)nc2)CC1. The van der Waals surface area contributed by atoms with Gasteiger partial charge in [-0.1, -0.05) is 18.2 Å². The van der Waals surface area contributed by atoms with E-state index in [9.17, 15) is 9.59 Å². The highest BCUT2D eigenvalue weighted by atomic mass is 16.5. The molecular weight excluding hydrogens is 418 g/mol. The van der Waals surface area contributed by atoms with Gasteiger partial charge in [0.2, 0.25) is 5.91 Å². The number of nitrogens with zero attached hydrogens (tertiary/aromatic N) is 4. The van der Waals surface area contributed by atoms with Crippen LogP contribution < -0.4 is 10.1 Å². The summed E-state index contributed by atoms with van der Waals surface area (Å²) in [5.74, 6) is 1.33. The number of carbonyl (C=O) groups excluding carboxylic acids is 2. The molecule has 1 N–H and O–H groups in total. The molecule has 3 heterocycles. The maximum absolute atomic E-state index is 12.7. The highest BCUT2D eigenvalue weighted by Gasteiger charge is 2.25. The summed E-state index contributed by atoms with van der Waals surface area (Å²) < 4.78 is 7.11. The lowest BCUT2D eigenvalue weighted by Crippen LogP contribution is -2.47. The summed E-state index contributed by atoms with van der Waals surface area (Å²) in [6.07, 6.45) is 3.34. The van der Waals surface area contributed by atoms with Crippen LogP contribution in [0.5, 0.6) is 5.75 Å². The molecule has 8 nitrogen and oxygen atoms in total. The number of hydrogen-bond donors (Lipinski definition) is 1. The first-order valence-corrected chi connectivity index (χ1v) is 11.1. The molecule has 3 aromatic rings. The molecule has 0 unspecified atom stereocenters. The quantitative estimate of drug-likeness (QED) is 0.628. The summed E-state index contributed by atoms with van der Waals surface area (Å²) >= 11 is 0. The molecular formula is C25H29N5O3. The number of benzene rings is 1. The van der Waals surface area contributed by atoms with Gasteiger partial charge in [0.05, 0.1) is 24.8 Å². The van der Waals surface area contributed by atoms with E-state index in [4.69, 9.17) is 4.74 Å². The maximum Gasteiger partial charge on any atom is 0.253 e. The van der Waals surface area contributed by atoms with E-state index in [-0.39, 0.29) is 17.9 Å². The number of nitrogens with one attached hydrogen (secondary N) is 1. The molecule has 0 bridgehead atoms. The second-order valence-electron chi connectivity index (χ2n) is 8.36. The zero-order valence-electron chi connectivity index (χ0n) is 19.2. The Labute approximate surface area is 193 Å². The van der Waals surface area contributed by atoms with Crippen molar-refractivity contribution < 1.29 is 14.3 Å². The number of hydrogen-bond acceptors (Lipinski definition) is 5. The topological polar surface area (TPSA) is 89.4 Å². The molecule has 4 rings (SSSR count). The van der Waals surface area contributed by atoms with Crippen LogP contribution in [0.25, 0.3) is 5.82 Å². The molecule has 33 heavy (non-hydrogen) atoms. The van der Waals surface area contributed by atoms with Crippen molar-refractivity contribution in [3.63, 3.8) is 0 Å². The van der Waals surface area contributed by atoms with Gasteiger partial charge in [-0.25, -0.2) is 9.67 Å². The van der Waals surface area contributed by atoms with Crippen molar-refractivity contribution in [3.05, 3.63) is 71.2 Å². The first kappa shape index (κ1) is 22.5. The van der Waals surface area contributed by atoms with Gasteiger partial charge in [-0.2, -0.15) is 5.10 Å². The number of aryl methyl sites for hydroxylation is 2. The van der Waals surface area contributed by atoms with Crippen LogP contribution in [0.3, 0.4) is 0 Å². The number of carbonyl (C=O) groups is 2.